The molecule has 6 nitrogen and oxygen atoms in total. The molecule has 1 aliphatic heterocycles. The molecule has 0 saturated carbocycles. The van der Waals surface area contributed by atoms with E-state index >= 15 is 0 Å². The molecule has 1 aromatic carbocycles. The quantitative estimate of drug-likeness (QED) is 0.633. The third kappa shape index (κ3) is 2.31. The Morgan fingerprint density at radius 1 is 1.41 bits per heavy atom. The van der Waals surface area contributed by atoms with Crippen molar-refractivity contribution in [2.24, 2.45) is 0 Å². The first-order chi connectivity index (χ1) is 8.04. The van der Waals surface area contributed by atoms with Crippen molar-refractivity contribution in [3.63, 3.8) is 0 Å². The van der Waals surface area contributed by atoms with Crippen LogP contribution < -0.4 is 14.8 Å². The van der Waals surface area contributed by atoms with Gasteiger partial charge in [-0.15, -0.1) is 0 Å². The summed E-state index contributed by atoms with van der Waals surface area (Å²) in [6.07, 6.45) is 0. The van der Waals surface area contributed by atoms with Crippen LogP contribution in [0.15, 0.2) is 18.2 Å². The number of hydrogen-bond donors (Lipinski definition) is 1. The van der Waals surface area contributed by atoms with Crippen LogP contribution >= 0.6 is 0 Å². The highest BCUT2D eigenvalue weighted by atomic mass is 16.6. The second kappa shape index (κ2) is 4.21. The summed E-state index contributed by atoms with van der Waals surface area (Å²) in [5, 5.41) is 13.8. The minimum absolute atomic E-state index is 0.00307. The molecule has 0 aliphatic carbocycles. The first-order valence-corrected chi connectivity index (χ1v) is 5.26. The summed E-state index contributed by atoms with van der Waals surface area (Å²) in [5.41, 5.74) is -0.320. The Morgan fingerprint density at radius 2 is 2.12 bits per heavy atom. The van der Waals surface area contributed by atoms with Gasteiger partial charge >= 0.3 is 0 Å². The Hall–Kier alpha value is -1.82. The third-order valence-corrected chi connectivity index (χ3v) is 2.71. The fraction of sp³-hybridized carbons (Fsp3) is 0.455. The maximum absolute atomic E-state index is 10.7. The molecular formula is C11H14N2O4. The molecule has 0 aromatic heterocycles. The standard InChI is InChI=1S/C11H14N2O4/c1-11(6-12-7-11)17-10-5-8(13(14)15)3-4-9(10)16-2/h3-5,12H,6-7H2,1-2H3. The molecule has 17 heavy (non-hydrogen) atoms. The lowest BCUT2D eigenvalue weighted by Crippen LogP contribution is -2.61. The maximum atomic E-state index is 10.7. The van der Waals surface area contributed by atoms with Gasteiger partial charge in [-0.1, -0.05) is 0 Å². The topological polar surface area (TPSA) is 73.6 Å². The fourth-order valence-electron chi connectivity index (χ4n) is 1.67. The van der Waals surface area contributed by atoms with Gasteiger partial charge in [0.05, 0.1) is 18.1 Å². The lowest BCUT2D eigenvalue weighted by molar-refractivity contribution is -0.385. The summed E-state index contributed by atoms with van der Waals surface area (Å²) < 4.78 is 10.9. The molecular weight excluding hydrogens is 224 g/mol. The lowest BCUT2D eigenvalue weighted by Gasteiger charge is -2.39. The van der Waals surface area contributed by atoms with Gasteiger partial charge < -0.3 is 14.8 Å². The van der Waals surface area contributed by atoms with Gasteiger partial charge in [-0.05, 0) is 13.0 Å². The van der Waals surface area contributed by atoms with Crippen molar-refractivity contribution in [2.45, 2.75) is 12.5 Å². The van der Waals surface area contributed by atoms with Gasteiger partial charge in [0.1, 0.15) is 5.60 Å². The third-order valence-electron chi connectivity index (χ3n) is 2.71. The van der Waals surface area contributed by atoms with Crippen molar-refractivity contribution in [3.05, 3.63) is 28.3 Å². The van der Waals surface area contributed by atoms with Crippen LogP contribution in [-0.2, 0) is 0 Å². The van der Waals surface area contributed by atoms with Gasteiger partial charge in [-0.3, -0.25) is 10.1 Å². The Kier molecular flexibility index (Phi) is 2.89. The number of nitro benzene ring substituents is 1. The average Bonchev–Trinajstić information content (AvgIpc) is 2.26. The summed E-state index contributed by atoms with van der Waals surface area (Å²) in [6, 6.07) is 4.33. The number of nitrogens with one attached hydrogen (secondary N) is 1. The van der Waals surface area contributed by atoms with Gasteiger partial charge in [0.15, 0.2) is 11.5 Å². The van der Waals surface area contributed by atoms with E-state index < -0.39 is 4.92 Å². The Balaban J connectivity index is 2.28. The first kappa shape index (κ1) is 11.7. The molecule has 0 bridgehead atoms. The highest BCUT2D eigenvalue weighted by Crippen LogP contribution is 2.34. The minimum Gasteiger partial charge on any atom is -0.493 e. The summed E-state index contributed by atoms with van der Waals surface area (Å²) >= 11 is 0. The molecule has 1 heterocycles. The van der Waals surface area contributed by atoms with Crippen LogP contribution in [0.2, 0.25) is 0 Å². The SMILES string of the molecule is COc1ccc([N+](=O)[O-])cc1OC1(C)CNC1. The smallest absolute Gasteiger partial charge is 0.273 e. The van der Waals surface area contributed by atoms with Gasteiger partial charge in [-0.2, -0.15) is 0 Å². The predicted molar refractivity (Wildman–Crippen MR) is 61.6 cm³/mol. The maximum Gasteiger partial charge on any atom is 0.273 e. The van der Waals surface area contributed by atoms with Crippen LogP contribution in [0.3, 0.4) is 0 Å². The van der Waals surface area contributed by atoms with Gasteiger partial charge in [0, 0.05) is 19.2 Å². The van der Waals surface area contributed by atoms with Crippen molar-refractivity contribution in [1.29, 1.82) is 0 Å². The molecule has 0 unspecified atom stereocenters. The van der Waals surface area contributed by atoms with E-state index in [4.69, 9.17) is 9.47 Å². The van der Waals surface area contributed by atoms with E-state index in [9.17, 15) is 10.1 Å². The molecule has 1 aliphatic rings. The number of rotatable bonds is 4. The minimum atomic E-state index is -0.451. The zero-order chi connectivity index (χ0) is 12.5. The number of hydrogen-bond acceptors (Lipinski definition) is 5. The van der Waals surface area contributed by atoms with Crippen molar-refractivity contribution in [2.75, 3.05) is 20.2 Å². The van der Waals surface area contributed by atoms with Crippen LogP contribution in [0.1, 0.15) is 6.92 Å². The Bertz CT molecular complexity index is 443. The van der Waals surface area contributed by atoms with E-state index in [1.165, 1.54) is 19.2 Å². The van der Waals surface area contributed by atoms with Crippen molar-refractivity contribution < 1.29 is 14.4 Å². The number of benzene rings is 1. The number of non-ortho nitro benzene ring substituents is 1. The van der Waals surface area contributed by atoms with E-state index in [1.807, 2.05) is 6.92 Å². The molecule has 2 rings (SSSR count). The van der Waals surface area contributed by atoms with E-state index in [-0.39, 0.29) is 11.3 Å². The summed E-state index contributed by atoms with van der Waals surface area (Å²) in [4.78, 5) is 10.2. The van der Waals surface area contributed by atoms with Crippen LogP contribution in [-0.4, -0.2) is 30.7 Å². The van der Waals surface area contributed by atoms with Crippen LogP contribution in [0.4, 0.5) is 5.69 Å². The number of nitrogens with zero attached hydrogens (tertiary/aromatic N) is 1. The monoisotopic (exact) mass is 238 g/mol. The molecule has 1 aromatic rings. The molecule has 6 heteroatoms. The molecule has 0 amide bonds. The molecule has 0 radical (unpaired) electrons. The second-order valence-electron chi connectivity index (χ2n) is 4.25. The molecule has 92 valence electrons. The van der Waals surface area contributed by atoms with E-state index in [0.717, 1.165) is 13.1 Å². The summed E-state index contributed by atoms with van der Waals surface area (Å²) in [7, 11) is 1.51. The average molecular weight is 238 g/mol. The summed E-state index contributed by atoms with van der Waals surface area (Å²) in [6.45, 7) is 3.39. The van der Waals surface area contributed by atoms with Crippen LogP contribution in [0.5, 0.6) is 11.5 Å². The van der Waals surface area contributed by atoms with E-state index in [0.29, 0.717) is 11.5 Å². The number of methoxy groups -OCH3 is 1. The molecule has 1 saturated heterocycles. The van der Waals surface area contributed by atoms with E-state index in [2.05, 4.69) is 5.32 Å². The Labute approximate surface area is 98.7 Å². The second-order valence-corrected chi connectivity index (χ2v) is 4.25. The lowest BCUT2D eigenvalue weighted by atomic mass is 10.00. The molecule has 0 spiro atoms. The molecule has 1 N–H and O–H groups in total. The number of ether oxygens (including phenoxy) is 2. The Morgan fingerprint density at radius 3 is 2.59 bits per heavy atom. The molecule has 0 atom stereocenters. The van der Waals surface area contributed by atoms with Crippen LogP contribution in [0.25, 0.3) is 0 Å². The van der Waals surface area contributed by atoms with Gasteiger partial charge in [0.2, 0.25) is 0 Å². The van der Waals surface area contributed by atoms with Crippen molar-refractivity contribution in [3.8, 4) is 11.5 Å². The van der Waals surface area contributed by atoms with Gasteiger partial charge in [-0.25, -0.2) is 0 Å². The molecule has 1 fully saturated rings. The number of nitro groups is 1. The zero-order valence-electron chi connectivity index (χ0n) is 9.73. The fourth-order valence-corrected chi connectivity index (χ4v) is 1.67. The summed E-state index contributed by atoms with van der Waals surface area (Å²) in [5.74, 6) is 0.912. The predicted octanol–water partition coefficient (Wildman–Crippen LogP) is 1.34. The largest absolute Gasteiger partial charge is 0.493 e. The first-order valence-electron chi connectivity index (χ1n) is 5.26. The highest BCUT2D eigenvalue weighted by Gasteiger charge is 2.35. The van der Waals surface area contributed by atoms with Crippen molar-refractivity contribution >= 4 is 5.69 Å². The van der Waals surface area contributed by atoms with Crippen LogP contribution in [0, 0.1) is 10.1 Å². The van der Waals surface area contributed by atoms with Gasteiger partial charge in [0.25, 0.3) is 5.69 Å². The zero-order valence-corrected chi connectivity index (χ0v) is 9.73. The van der Waals surface area contributed by atoms with Crippen molar-refractivity contribution in [1.82, 2.24) is 5.32 Å². The van der Waals surface area contributed by atoms with E-state index in [1.54, 1.807) is 6.07 Å². The normalized spacial score (nSPS) is 17.1. The highest BCUT2D eigenvalue weighted by molar-refractivity contribution is 5.49.